The van der Waals surface area contributed by atoms with Crippen molar-refractivity contribution in [2.75, 3.05) is 7.11 Å². The molecule has 0 saturated carbocycles. The molecule has 0 aliphatic carbocycles. The molecular formula is C11H17BrO2S. The smallest absolute Gasteiger partial charge is 0.0701 e. The highest BCUT2D eigenvalue weighted by molar-refractivity contribution is 9.11. The van der Waals surface area contributed by atoms with Gasteiger partial charge < -0.3 is 9.84 Å². The van der Waals surface area contributed by atoms with Crippen molar-refractivity contribution < 1.29 is 9.84 Å². The van der Waals surface area contributed by atoms with E-state index in [4.69, 9.17) is 4.74 Å². The number of aliphatic hydroxyl groups excluding tert-OH is 1. The van der Waals surface area contributed by atoms with Crippen LogP contribution in [-0.2, 0) is 11.2 Å². The van der Waals surface area contributed by atoms with Crippen molar-refractivity contribution in [2.45, 2.75) is 38.4 Å². The third-order valence-electron chi connectivity index (χ3n) is 2.37. The van der Waals surface area contributed by atoms with Crippen LogP contribution in [0.3, 0.4) is 0 Å². The molecule has 2 unspecified atom stereocenters. The highest BCUT2D eigenvalue weighted by Crippen LogP contribution is 2.23. The standard InChI is InChI=1S/C11H17BrO2S/c1-8(14-2)3-4-9(13)7-10-5-6-11(12)15-10/h5-6,8-9,13H,3-4,7H2,1-2H3. The normalized spacial score (nSPS) is 15.2. The number of methoxy groups -OCH3 is 1. The number of ether oxygens (including phenoxy) is 1. The van der Waals surface area contributed by atoms with Crippen LogP contribution in [0.1, 0.15) is 24.6 Å². The molecule has 0 fully saturated rings. The van der Waals surface area contributed by atoms with Gasteiger partial charge in [-0.2, -0.15) is 0 Å². The molecule has 86 valence electrons. The Bertz CT molecular complexity index is 288. The number of thiophene rings is 1. The van der Waals surface area contributed by atoms with Crippen molar-refractivity contribution in [3.05, 3.63) is 20.8 Å². The molecule has 0 spiro atoms. The Morgan fingerprint density at radius 1 is 1.47 bits per heavy atom. The van der Waals surface area contributed by atoms with Crippen molar-refractivity contribution in [1.29, 1.82) is 0 Å². The van der Waals surface area contributed by atoms with Gasteiger partial charge in [0.1, 0.15) is 0 Å². The second kappa shape index (κ2) is 6.63. The van der Waals surface area contributed by atoms with Gasteiger partial charge in [-0.25, -0.2) is 0 Å². The van der Waals surface area contributed by atoms with E-state index in [9.17, 15) is 5.11 Å². The molecule has 0 radical (unpaired) electrons. The molecule has 0 aromatic carbocycles. The van der Waals surface area contributed by atoms with Gasteiger partial charge in [0.15, 0.2) is 0 Å². The molecule has 2 nitrogen and oxygen atoms in total. The first kappa shape index (κ1) is 13.2. The summed E-state index contributed by atoms with van der Waals surface area (Å²) in [5, 5.41) is 9.79. The van der Waals surface area contributed by atoms with Gasteiger partial charge >= 0.3 is 0 Å². The Kier molecular flexibility index (Phi) is 5.82. The minimum absolute atomic E-state index is 0.231. The molecule has 0 aliphatic rings. The van der Waals surface area contributed by atoms with Gasteiger partial charge in [0.05, 0.1) is 16.0 Å². The molecule has 0 amide bonds. The Morgan fingerprint density at radius 3 is 2.73 bits per heavy atom. The third-order valence-corrected chi connectivity index (χ3v) is 4.02. The maximum atomic E-state index is 9.79. The van der Waals surface area contributed by atoms with Crippen LogP contribution in [0.5, 0.6) is 0 Å². The lowest BCUT2D eigenvalue weighted by molar-refractivity contribution is 0.0854. The minimum Gasteiger partial charge on any atom is -0.393 e. The average Bonchev–Trinajstić information content (AvgIpc) is 2.60. The average molecular weight is 293 g/mol. The number of hydrogen-bond acceptors (Lipinski definition) is 3. The SMILES string of the molecule is COC(C)CCC(O)Cc1ccc(Br)s1. The molecule has 1 heterocycles. The van der Waals surface area contributed by atoms with E-state index in [0.717, 1.165) is 23.0 Å². The Balaban J connectivity index is 2.27. The summed E-state index contributed by atoms with van der Waals surface area (Å²) in [5.41, 5.74) is 0. The second-order valence-corrected chi connectivity index (χ2v) is 6.24. The molecule has 1 N–H and O–H groups in total. The van der Waals surface area contributed by atoms with Crippen LogP contribution in [0.4, 0.5) is 0 Å². The first-order valence-corrected chi connectivity index (χ1v) is 6.68. The van der Waals surface area contributed by atoms with E-state index in [1.54, 1.807) is 18.4 Å². The topological polar surface area (TPSA) is 29.5 Å². The fraction of sp³-hybridized carbons (Fsp3) is 0.636. The van der Waals surface area contributed by atoms with Crippen molar-refractivity contribution in [1.82, 2.24) is 0 Å². The minimum atomic E-state index is -0.256. The molecular weight excluding hydrogens is 276 g/mol. The molecule has 15 heavy (non-hydrogen) atoms. The van der Waals surface area contributed by atoms with Crippen LogP contribution in [0.25, 0.3) is 0 Å². The van der Waals surface area contributed by atoms with Gasteiger partial charge in [-0.05, 0) is 47.8 Å². The largest absolute Gasteiger partial charge is 0.393 e. The van der Waals surface area contributed by atoms with Crippen LogP contribution in [-0.4, -0.2) is 24.4 Å². The lowest BCUT2D eigenvalue weighted by Crippen LogP contribution is -2.14. The molecule has 1 aromatic rings. The van der Waals surface area contributed by atoms with Gasteiger partial charge in [0.25, 0.3) is 0 Å². The van der Waals surface area contributed by atoms with Gasteiger partial charge in [0, 0.05) is 18.4 Å². The highest BCUT2D eigenvalue weighted by Gasteiger charge is 2.09. The van der Waals surface area contributed by atoms with Crippen molar-refractivity contribution >= 4 is 27.3 Å². The van der Waals surface area contributed by atoms with Crippen LogP contribution in [0.15, 0.2) is 15.9 Å². The summed E-state index contributed by atoms with van der Waals surface area (Å²) in [5.74, 6) is 0. The van der Waals surface area contributed by atoms with Gasteiger partial charge in [-0.1, -0.05) is 0 Å². The van der Waals surface area contributed by atoms with Crippen molar-refractivity contribution in [3.63, 3.8) is 0 Å². The summed E-state index contributed by atoms with van der Waals surface area (Å²) in [4.78, 5) is 1.22. The van der Waals surface area contributed by atoms with E-state index in [0.29, 0.717) is 0 Å². The first-order valence-electron chi connectivity index (χ1n) is 5.07. The van der Waals surface area contributed by atoms with Crippen LogP contribution in [0, 0.1) is 0 Å². The maximum Gasteiger partial charge on any atom is 0.0701 e. The van der Waals surface area contributed by atoms with Gasteiger partial charge in [0.2, 0.25) is 0 Å². The predicted molar refractivity (Wildman–Crippen MR) is 67.4 cm³/mol. The molecule has 1 rings (SSSR count). The fourth-order valence-corrected chi connectivity index (χ4v) is 2.89. The number of rotatable bonds is 6. The zero-order chi connectivity index (χ0) is 11.3. The molecule has 0 bridgehead atoms. The fourth-order valence-electron chi connectivity index (χ4n) is 1.34. The number of aliphatic hydroxyl groups is 1. The van der Waals surface area contributed by atoms with Crippen molar-refractivity contribution in [3.8, 4) is 0 Å². The predicted octanol–water partition coefficient (Wildman–Crippen LogP) is 3.23. The maximum absolute atomic E-state index is 9.79. The van der Waals surface area contributed by atoms with Crippen LogP contribution >= 0.6 is 27.3 Å². The summed E-state index contributed by atoms with van der Waals surface area (Å²) < 4.78 is 6.26. The van der Waals surface area contributed by atoms with Crippen LogP contribution < -0.4 is 0 Å². The lowest BCUT2D eigenvalue weighted by atomic mass is 10.1. The Labute approximate surface area is 103 Å². The van der Waals surface area contributed by atoms with E-state index >= 15 is 0 Å². The summed E-state index contributed by atoms with van der Waals surface area (Å²) in [6.07, 6.45) is 2.42. The molecule has 2 atom stereocenters. The van der Waals surface area contributed by atoms with Gasteiger partial charge in [-0.15, -0.1) is 11.3 Å². The van der Waals surface area contributed by atoms with E-state index < -0.39 is 0 Å². The van der Waals surface area contributed by atoms with E-state index in [1.807, 2.05) is 13.0 Å². The summed E-state index contributed by atoms with van der Waals surface area (Å²) in [6, 6.07) is 4.07. The molecule has 1 aromatic heterocycles. The quantitative estimate of drug-likeness (QED) is 0.872. The summed E-state index contributed by atoms with van der Waals surface area (Å²) in [6.45, 7) is 2.02. The summed E-state index contributed by atoms with van der Waals surface area (Å²) in [7, 11) is 1.70. The van der Waals surface area contributed by atoms with Crippen LogP contribution in [0.2, 0.25) is 0 Å². The third kappa shape index (κ3) is 5.11. The summed E-state index contributed by atoms with van der Waals surface area (Å²) >= 11 is 5.09. The lowest BCUT2D eigenvalue weighted by Gasteiger charge is -2.12. The number of hydrogen-bond donors (Lipinski definition) is 1. The Morgan fingerprint density at radius 2 is 2.20 bits per heavy atom. The van der Waals surface area contributed by atoms with E-state index in [2.05, 4.69) is 22.0 Å². The highest BCUT2D eigenvalue weighted by atomic mass is 79.9. The zero-order valence-electron chi connectivity index (χ0n) is 9.07. The van der Waals surface area contributed by atoms with Gasteiger partial charge in [-0.3, -0.25) is 0 Å². The Hall–Kier alpha value is 0.1000. The first-order chi connectivity index (χ1) is 7.11. The molecule has 0 aliphatic heterocycles. The van der Waals surface area contributed by atoms with E-state index in [1.165, 1.54) is 4.88 Å². The number of halogens is 1. The monoisotopic (exact) mass is 292 g/mol. The zero-order valence-corrected chi connectivity index (χ0v) is 11.5. The molecule has 4 heteroatoms. The molecule has 0 saturated heterocycles. The van der Waals surface area contributed by atoms with Crippen molar-refractivity contribution in [2.24, 2.45) is 0 Å². The second-order valence-electron chi connectivity index (χ2n) is 3.69. The van der Waals surface area contributed by atoms with E-state index in [-0.39, 0.29) is 12.2 Å².